The van der Waals surface area contributed by atoms with E-state index in [-0.39, 0.29) is 5.91 Å². The first kappa shape index (κ1) is 21.5. The van der Waals surface area contributed by atoms with E-state index < -0.39 is 5.60 Å². The summed E-state index contributed by atoms with van der Waals surface area (Å²) in [5.74, 6) is 1.41. The lowest BCUT2D eigenvalue weighted by molar-refractivity contribution is -0.145. The number of halogens is 2. The van der Waals surface area contributed by atoms with Crippen LogP contribution < -0.4 is 9.64 Å². The number of anilines is 1. The Kier molecular flexibility index (Phi) is 6.12. The number of ether oxygens (including phenoxy) is 1. The second-order valence-corrected chi connectivity index (χ2v) is 8.80. The van der Waals surface area contributed by atoms with E-state index >= 15 is 0 Å². The van der Waals surface area contributed by atoms with Crippen molar-refractivity contribution in [2.75, 3.05) is 31.1 Å². The van der Waals surface area contributed by atoms with Gasteiger partial charge in [0.05, 0.1) is 0 Å². The Morgan fingerprint density at radius 3 is 2.39 bits per heavy atom. The molecule has 1 fully saturated rings. The van der Waals surface area contributed by atoms with Crippen molar-refractivity contribution in [2.24, 2.45) is 0 Å². The van der Waals surface area contributed by atoms with Gasteiger partial charge in [0.1, 0.15) is 5.75 Å². The van der Waals surface area contributed by atoms with Gasteiger partial charge in [0, 0.05) is 54.3 Å². The molecule has 0 unspecified atom stereocenters. The SMILES string of the molecule is CC(C)(Oc1ccc(Cl)cc1)C(=O)N1CCN(c2nccn2-c2cccc(Cl)c2)CC1. The third-order valence-electron chi connectivity index (χ3n) is 5.26. The maximum Gasteiger partial charge on any atom is 0.266 e. The number of aromatic nitrogens is 2. The summed E-state index contributed by atoms with van der Waals surface area (Å²) < 4.78 is 7.98. The number of imidazole rings is 1. The van der Waals surface area contributed by atoms with Crippen LogP contribution in [0, 0.1) is 0 Å². The predicted molar refractivity (Wildman–Crippen MR) is 124 cm³/mol. The van der Waals surface area contributed by atoms with E-state index in [0.29, 0.717) is 42.0 Å². The lowest BCUT2D eigenvalue weighted by atomic mass is 10.1. The topological polar surface area (TPSA) is 50.6 Å². The first-order valence-corrected chi connectivity index (χ1v) is 10.9. The molecule has 1 aromatic heterocycles. The highest BCUT2D eigenvalue weighted by Gasteiger charge is 2.36. The highest BCUT2D eigenvalue weighted by atomic mass is 35.5. The third kappa shape index (κ3) is 4.81. The second kappa shape index (κ2) is 8.81. The molecule has 0 spiro atoms. The number of amides is 1. The lowest BCUT2D eigenvalue weighted by Crippen LogP contribution is -2.56. The Morgan fingerprint density at radius 1 is 1.00 bits per heavy atom. The third-order valence-corrected chi connectivity index (χ3v) is 5.75. The summed E-state index contributed by atoms with van der Waals surface area (Å²) >= 11 is 12.1. The van der Waals surface area contributed by atoms with Gasteiger partial charge in [-0.2, -0.15) is 0 Å². The summed E-state index contributed by atoms with van der Waals surface area (Å²) in [5, 5.41) is 1.30. The van der Waals surface area contributed by atoms with Crippen LogP contribution in [0.4, 0.5) is 5.95 Å². The van der Waals surface area contributed by atoms with E-state index in [1.54, 1.807) is 44.3 Å². The molecular weight excluding hydrogens is 435 g/mol. The van der Waals surface area contributed by atoms with Crippen LogP contribution in [-0.4, -0.2) is 52.1 Å². The standard InChI is InChI=1S/C23H24Cl2N4O2/c1-23(2,31-20-8-6-17(24)7-9-20)21(30)27-12-14-28(15-13-27)22-26-10-11-29(22)19-5-3-4-18(25)16-19/h3-11,16H,12-15H2,1-2H3. The van der Waals surface area contributed by atoms with E-state index in [2.05, 4.69) is 9.88 Å². The van der Waals surface area contributed by atoms with Gasteiger partial charge in [-0.05, 0) is 56.3 Å². The maximum atomic E-state index is 13.1. The number of rotatable bonds is 5. The minimum Gasteiger partial charge on any atom is -0.478 e. The van der Waals surface area contributed by atoms with Crippen LogP contribution in [-0.2, 0) is 4.79 Å². The smallest absolute Gasteiger partial charge is 0.266 e. The van der Waals surface area contributed by atoms with Gasteiger partial charge in [-0.15, -0.1) is 0 Å². The van der Waals surface area contributed by atoms with Crippen LogP contribution in [0.2, 0.25) is 10.0 Å². The monoisotopic (exact) mass is 458 g/mol. The van der Waals surface area contributed by atoms with Crippen LogP contribution in [0.15, 0.2) is 60.9 Å². The van der Waals surface area contributed by atoms with Gasteiger partial charge in [0.15, 0.2) is 5.60 Å². The number of carbonyl (C=O) groups is 1. The number of piperazine rings is 1. The zero-order valence-electron chi connectivity index (χ0n) is 17.5. The van der Waals surface area contributed by atoms with Crippen molar-refractivity contribution in [3.63, 3.8) is 0 Å². The molecule has 1 aliphatic heterocycles. The fourth-order valence-electron chi connectivity index (χ4n) is 3.69. The van der Waals surface area contributed by atoms with E-state index in [0.717, 1.165) is 11.6 Å². The van der Waals surface area contributed by atoms with Crippen LogP contribution in [0.3, 0.4) is 0 Å². The summed E-state index contributed by atoms with van der Waals surface area (Å²) in [6.45, 7) is 6.13. The fourth-order valence-corrected chi connectivity index (χ4v) is 4.00. The van der Waals surface area contributed by atoms with E-state index in [1.807, 2.05) is 39.9 Å². The summed E-state index contributed by atoms with van der Waals surface area (Å²) in [6.07, 6.45) is 3.69. The van der Waals surface area contributed by atoms with Gasteiger partial charge in [0.25, 0.3) is 5.91 Å². The largest absolute Gasteiger partial charge is 0.478 e. The minimum absolute atomic E-state index is 0.0414. The molecule has 4 rings (SSSR count). The Bertz CT molecular complexity index is 1060. The van der Waals surface area contributed by atoms with Crippen molar-refractivity contribution in [3.8, 4) is 11.4 Å². The number of hydrogen-bond acceptors (Lipinski definition) is 4. The van der Waals surface area contributed by atoms with Crippen LogP contribution >= 0.6 is 23.2 Å². The van der Waals surface area contributed by atoms with E-state index in [1.165, 1.54) is 0 Å². The van der Waals surface area contributed by atoms with Crippen LogP contribution in [0.25, 0.3) is 5.69 Å². The minimum atomic E-state index is -0.977. The molecule has 1 saturated heterocycles. The van der Waals surface area contributed by atoms with Crippen molar-refractivity contribution in [1.82, 2.24) is 14.5 Å². The average molecular weight is 459 g/mol. The molecule has 0 aliphatic carbocycles. The molecule has 0 radical (unpaired) electrons. The van der Waals surface area contributed by atoms with Gasteiger partial charge in [-0.1, -0.05) is 29.3 Å². The molecule has 0 atom stereocenters. The zero-order chi connectivity index (χ0) is 22.0. The molecule has 1 aliphatic rings. The first-order valence-electron chi connectivity index (χ1n) is 10.1. The maximum absolute atomic E-state index is 13.1. The molecule has 1 amide bonds. The number of nitrogens with zero attached hydrogens (tertiary/aromatic N) is 4. The molecule has 0 N–H and O–H groups in total. The molecule has 6 nitrogen and oxygen atoms in total. The van der Waals surface area contributed by atoms with E-state index in [4.69, 9.17) is 27.9 Å². The summed E-state index contributed by atoms with van der Waals surface area (Å²) in [5.41, 5.74) is -0.0223. The molecule has 0 saturated carbocycles. The van der Waals surface area contributed by atoms with Gasteiger partial charge >= 0.3 is 0 Å². The van der Waals surface area contributed by atoms with Crippen molar-refractivity contribution in [3.05, 3.63) is 71.0 Å². The molecule has 3 aromatic rings. The number of hydrogen-bond donors (Lipinski definition) is 0. The number of carbonyl (C=O) groups excluding carboxylic acids is 1. The Hall–Kier alpha value is -2.70. The Morgan fingerprint density at radius 2 is 1.71 bits per heavy atom. The van der Waals surface area contributed by atoms with Crippen molar-refractivity contribution in [1.29, 1.82) is 0 Å². The van der Waals surface area contributed by atoms with Crippen molar-refractivity contribution < 1.29 is 9.53 Å². The quantitative estimate of drug-likeness (QED) is 0.556. The summed E-state index contributed by atoms with van der Waals surface area (Å²) in [6, 6.07) is 14.7. The summed E-state index contributed by atoms with van der Waals surface area (Å²) in [4.78, 5) is 21.7. The molecule has 162 valence electrons. The molecule has 2 heterocycles. The van der Waals surface area contributed by atoms with Gasteiger partial charge in [-0.25, -0.2) is 4.98 Å². The van der Waals surface area contributed by atoms with Gasteiger partial charge in [-0.3, -0.25) is 9.36 Å². The average Bonchev–Trinajstić information content (AvgIpc) is 3.25. The lowest BCUT2D eigenvalue weighted by Gasteiger charge is -2.39. The Labute approximate surface area is 191 Å². The van der Waals surface area contributed by atoms with Crippen LogP contribution in [0.1, 0.15) is 13.8 Å². The molecular formula is C23H24Cl2N4O2. The molecule has 0 bridgehead atoms. The molecule has 8 heteroatoms. The molecule has 2 aromatic carbocycles. The fraction of sp³-hybridized carbons (Fsp3) is 0.304. The van der Waals surface area contributed by atoms with Gasteiger partial charge < -0.3 is 14.5 Å². The predicted octanol–water partition coefficient (Wildman–Crippen LogP) is 4.69. The second-order valence-electron chi connectivity index (χ2n) is 7.92. The molecule has 31 heavy (non-hydrogen) atoms. The van der Waals surface area contributed by atoms with Gasteiger partial charge in [0.2, 0.25) is 5.95 Å². The summed E-state index contributed by atoms with van der Waals surface area (Å²) in [7, 11) is 0. The highest BCUT2D eigenvalue weighted by Crippen LogP contribution is 2.25. The number of benzene rings is 2. The Balaban J connectivity index is 1.41. The zero-order valence-corrected chi connectivity index (χ0v) is 19.0. The van der Waals surface area contributed by atoms with E-state index in [9.17, 15) is 4.79 Å². The highest BCUT2D eigenvalue weighted by molar-refractivity contribution is 6.31. The van der Waals surface area contributed by atoms with Crippen LogP contribution in [0.5, 0.6) is 5.75 Å². The first-order chi connectivity index (χ1) is 14.8. The van der Waals surface area contributed by atoms with Crippen molar-refractivity contribution in [2.45, 2.75) is 19.4 Å². The van der Waals surface area contributed by atoms with Crippen molar-refractivity contribution >= 4 is 35.1 Å². The normalized spacial score (nSPS) is 14.6.